The number of aromatic nitrogens is 8. The summed E-state index contributed by atoms with van der Waals surface area (Å²) in [4.78, 5) is 4.41. The molecule has 0 bridgehead atoms. The van der Waals surface area contributed by atoms with Gasteiger partial charge < -0.3 is 9.26 Å². The minimum Gasteiger partial charge on any atom is -0.496 e. The fourth-order valence-electron chi connectivity index (χ4n) is 3.02. The molecule has 0 fully saturated rings. The van der Waals surface area contributed by atoms with Gasteiger partial charge in [0.25, 0.3) is 0 Å². The zero-order chi connectivity index (χ0) is 18.4. The molecule has 4 heterocycles. The molecule has 10 nitrogen and oxygen atoms in total. The fourth-order valence-corrected chi connectivity index (χ4v) is 3.02. The van der Waals surface area contributed by atoms with E-state index in [1.807, 2.05) is 25.1 Å². The number of fused-ring (bicyclic) bond motifs is 3. The smallest absolute Gasteiger partial charge is 0.207 e. The van der Waals surface area contributed by atoms with Crippen LogP contribution in [0.15, 0.2) is 41.4 Å². The summed E-state index contributed by atoms with van der Waals surface area (Å²) in [6.45, 7) is 2.71. The lowest BCUT2D eigenvalue weighted by atomic mass is 10.1. The summed E-state index contributed by atoms with van der Waals surface area (Å²) in [5.74, 6) is 1.63. The second kappa shape index (κ2) is 5.87. The van der Waals surface area contributed by atoms with Gasteiger partial charge in [0.2, 0.25) is 11.6 Å². The Hall–Kier alpha value is -3.82. The number of aryl methyl sites for hydroxylation is 1. The van der Waals surface area contributed by atoms with E-state index in [0.29, 0.717) is 41.0 Å². The van der Waals surface area contributed by atoms with Gasteiger partial charge in [-0.25, -0.2) is 4.98 Å². The van der Waals surface area contributed by atoms with Crippen molar-refractivity contribution in [2.45, 2.75) is 13.5 Å². The van der Waals surface area contributed by atoms with Crippen molar-refractivity contribution in [1.29, 1.82) is 0 Å². The number of hydrogen-bond donors (Lipinski definition) is 0. The Balaban J connectivity index is 1.90. The van der Waals surface area contributed by atoms with Crippen LogP contribution >= 0.6 is 0 Å². The number of nitrogens with zero attached hydrogens (tertiary/aromatic N) is 8. The van der Waals surface area contributed by atoms with E-state index in [-0.39, 0.29) is 0 Å². The largest absolute Gasteiger partial charge is 0.496 e. The van der Waals surface area contributed by atoms with Crippen molar-refractivity contribution in [3.8, 4) is 28.8 Å². The minimum absolute atomic E-state index is 0.472. The first kappa shape index (κ1) is 15.4. The van der Waals surface area contributed by atoms with Gasteiger partial charge >= 0.3 is 0 Å². The number of ether oxygens (including phenoxy) is 1. The number of methoxy groups -OCH3 is 1. The molecule has 0 N–H and O–H groups in total. The van der Waals surface area contributed by atoms with Crippen LogP contribution in [-0.2, 0) is 6.54 Å². The van der Waals surface area contributed by atoms with Gasteiger partial charge in [-0.1, -0.05) is 17.3 Å². The van der Waals surface area contributed by atoms with E-state index in [9.17, 15) is 0 Å². The molecule has 5 aromatic rings. The van der Waals surface area contributed by atoms with Gasteiger partial charge in [0.1, 0.15) is 24.0 Å². The quantitative estimate of drug-likeness (QED) is 0.479. The van der Waals surface area contributed by atoms with Crippen LogP contribution in [0.2, 0.25) is 0 Å². The summed E-state index contributed by atoms with van der Waals surface area (Å²) in [5, 5.41) is 23.3. The summed E-state index contributed by atoms with van der Waals surface area (Å²) in [6, 6.07) is 7.41. The molecule has 0 amide bonds. The maximum atomic E-state index is 5.56. The lowest BCUT2D eigenvalue weighted by Gasteiger charge is -2.09. The molecule has 0 saturated heterocycles. The van der Waals surface area contributed by atoms with E-state index < -0.39 is 0 Å². The summed E-state index contributed by atoms with van der Waals surface area (Å²) in [6.07, 6.45) is 3.15. The maximum Gasteiger partial charge on any atom is 0.207 e. The Morgan fingerprint density at radius 1 is 1.15 bits per heavy atom. The average molecular weight is 362 g/mol. The van der Waals surface area contributed by atoms with Gasteiger partial charge in [0.05, 0.1) is 12.5 Å². The van der Waals surface area contributed by atoms with Crippen LogP contribution < -0.4 is 4.74 Å². The Labute approximate surface area is 152 Å². The molecule has 0 aliphatic heterocycles. The molecule has 10 heteroatoms. The van der Waals surface area contributed by atoms with E-state index in [2.05, 4.69) is 25.4 Å². The molecule has 0 unspecified atom stereocenters. The van der Waals surface area contributed by atoms with Crippen molar-refractivity contribution in [1.82, 2.24) is 39.7 Å². The number of hydrogen-bond acceptors (Lipinski definition) is 8. The maximum absolute atomic E-state index is 5.56. The highest BCUT2D eigenvalue weighted by molar-refractivity contribution is 6.04. The third-order valence-corrected chi connectivity index (χ3v) is 4.30. The topological polar surface area (TPSA) is 109 Å². The predicted molar refractivity (Wildman–Crippen MR) is 95.0 cm³/mol. The zero-order valence-electron chi connectivity index (χ0n) is 14.6. The summed E-state index contributed by atoms with van der Waals surface area (Å²) in [7, 11) is 1.62. The van der Waals surface area contributed by atoms with Crippen LogP contribution in [0.5, 0.6) is 5.75 Å². The third-order valence-electron chi connectivity index (χ3n) is 4.30. The minimum atomic E-state index is 0.472. The molecule has 0 atom stereocenters. The van der Waals surface area contributed by atoms with E-state index >= 15 is 0 Å². The first-order valence-electron chi connectivity index (χ1n) is 8.33. The SMILES string of the molecule is CCn1cnc(-c2nn3c(-c4ccon4)nnc3c3cccc(OC)c23)n1. The normalized spacial score (nSPS) is 11.5. The van der Waals surface area contributed by atoms with Crippen molar-refractivity contribution < 1.29 is 9.26 Å². The molecule has 5 rings (SSSR count). The molecule has 0 saturated carbocycles. The van der Waals surface area contributed by atoms with E-state index in [1.165, 1.54) is 6.26 Å². The van der Waals surface area contributed by atoms with Gasteiger partial charge in [-0.05, 0) is 13.0 Å². The van der Waals surface area contributed by atoms with Gasteiger partial charge in [-0.2, -0.15) is 9.61 Å². The molecule has 4 aromatic heterocycles. The highest BCUT2D eigenvalue weighted by Gasteiger charge is 2.21. The van der Waals surface area contributed by atoms with E-state index in [1.54, 1.807) is 28.7 Å². The van der Waals surface area contributed by atoms with Crippen molar-refractivity contribution in [3.63, 3.8) is 0 Å². The lowest BCUT2D eigenvalue weighted by molar-refractivity contribution is 0.419. The lowest BCUT2D eigenvalue weighted by Crippen LogP contribution is -2.02. The van der Waals surface area contributed by atoms with Gasteiger partial charge in [-0.15, -0.1) is 15.3 Å². The van der Waals surface area contributed by atoms with E-state index in [4.69, 9.17) is 14.4 Å². The highest BCUT2D eigenvalue weighted by Crippen LogP contribution is 2.35. The van der Waals surface area contributed by atoms with Crippen molar-refractivity contribution >= 4 is 16.4 Å². The molecular weight excluding hydrogens is 348 g/mol. The Kier molecular flexibility index (Phi) is 3.35. The van der Waals surface area contributed by atoms with Crippen LogP contribution in [0.4, 0.5) is 0 Å². The summed E-state index contributed by atoms with van der Waals surface area (Å²) in [5.41, 5.74) is 1.70. The molecule has 134 valence electrons. The fraction of sp³-hybridized carbons (Fsp3) is 0.176. The highest BCUT2D eigenvalue weighted by atomic mass is 16.5. The molecular formula is C17H14N8O2. The molecule has 0 aliphatic rings. The Bertz CT molecular complexity index is 1260. The van der Waals surface area contributed by atoms with Crippen molar-refractivity contribution in [2.24, 2.45) is 0 Å². The summed E-state index contributed by atoms with van der Waals surface area (Å²) < 4.78 is 13.9. The first-order valence-corrected chi connectivity index (χ1v) is 8.33. The number of rotatable bonds is 4. The van der Waals surface area contributed by atoms with Crippen molar-refractivity contribution in [3.05, 3.63) is 36.9 Å². The molecule has 1 aromatic carbocycles. The molecule has 27 heavy (non-hydrogen) atoms. The Morgan fingerprint density at radius 2 is 2.07 bits per heavy atom. The van der Waals surface area contributed by atoms with Crippen LogP contribution in [0.1, 0.15) is 6.92 Å². The van der Waals surface area contributed by atoms with Crippen molar-refractivity contribution in [2.75, 3.05) is 7.11 Å². The second-order valence-corrected chi connectivity index (χ2v) is 5.80. The molecule has 0 radical (unpaired) electrons. The zero-order valence-corrected chi connectivity index (χ0v) is 14.6. The van der Waals surface area contributed by atoms with Gasteiger partial charge in [-0.3, -0.25) is 4.68 Å². The van der Waals surface area contributed by atoms with Crippen LogP contribution in [0, 0.1) is 0 Å². The third kappa shape index (κ3) is 2.26. The van der Waals surface area contributed by atoms with Gasteiger partial charge in [0, 0.05) is 18.0 Å². The predicted octanol–water partition coefficient (Wildman–Crippen LogP) is 2.22. The average Bonchev–Trinajstić information content (AvgIpc) is 3.46. The van der Waals surface area contributed by atoms with Crippen LogP contribution in [0.3, 0.4) is 0 Å². The van der Waals surface area contributed by atoms with Crippen LogP contribution in [0.25, 0.3) is 39.5 Å². The monoisotopic (exact) mass is 362 g/mol. The van der Waals surface area contributed by atoms with Gasteiger partial charge in [0.15, 0.2) is 11.3 Å². The van der Waals surface area contributed by atoms with Crippen LogP contribution in [-0.4, -0.2) is 46.8 Å². The molecule has 0 spiro atoms. The molecule has 0 aliphatic carbocycles. The first-order chi connectivity index (χ1) is 13.3. The number of benzene rings is 1. The van der Waals surface area contributed by atoms with E-state index in [0.717, 1.165) is 10.8 Å². The summed E-state index contributed by atoms with van der Waals surface area (Å²) >= 11 is 0. The Morgan fingerprint density at radius 3 is 2.81 bits per heavy atom. The standard InChI is InChI=1S/C17H14N8O2/c1-3-24-9-18-15(22-24)14-13-10(5-4-6-12(13)26-2)16-19-20-17(25(16)21-14)11-7-8-27-23-11/h4-9H,3H2,1-2H3. The second-order valence-electron chi connectivity index (χ2n) is 5.80.